The lowest BCUT2D eigenvalue weighted by molar-refractivity contribution is 0.0321. The Labute approximate surface area is 200 Å². The number of H-pyrrole nitrogens is 1. The van der Waals surface area contributed by atoms with E-state index in [2.05, 4.69) is 9.97 Å². The Bertz CT molecular complexity index is 1680. The van der Waals surface area contributed by atoms with Crippen molar-refractivity contribution >= 4 is 39.4 Å². The van der Waals surface area contributed by atoms with Crippen LogP contribution in [0.5, 0.6) is 0 Å². The summed E-state index contributed by atoms with van der Waals surface area (Å²) in [5.74, 6) is 0.574. The summed E-state index contributed by atoms with van der Waals surface area (Å²) in [5, 5.41) is 1.23. The maximum atomic E-state index is 13.6. The van der Waals surface area contributed by atoms with E-state index in [0.29, 0.717) is 28.7 Å². The van der Waals surface area contributed by atoms with E-state index in [0.717, 1.165) is 39.9 Å². The molecule has 2 aromatic carbocycles. The minimum atomic E-state index is -0.748. The molecule has 3 aromatic heterocycles. The highest BCUT2D eigenvalue weighted by molar-refractivity contribution is 6.07. The van der Waals surface area contributed by atoms with Crippen molar-refractivity contribution in [3.8, 4) is 0 Å². The molecular weight excluding hydrogens is 442 g/mol. The number of carbonyl (C=O) groups is 1. The largest absolute Gasteiger partial charge is 0.465 e. The van der Waals surface area contributed by atoms with Crippen LogP contribution < -0.4 is 5.56 Å². The summed E-state index contributed by atoms with van der Waals surface area (Å²) in [4.78, 5) is 38.2. The third-order valence-corrected chi connectivity index (χ3v) is 6.31. The van der Waals surface area contributed by atoms with Crippen LogP contribution in [0, 0.1) is 0 Å². The first kappa shape index (κ1) is 21.0. The molecular formula is C28H21N3O4. The van der Waals surface area contributed by atoms with Crippen LogP contribution >= 0.6 is 0 Å². The van der Waals surface area contributed by atoms with Crippen LogP contribution in [0.3, 0.4) is 0 Å². The maximum Gasteiger partial charge on any atom is 0.339 e. The minimum absolute atomic E-state index is 0.267. The third-order valence-electron chi connectivity index (χ3n) is 6.31. The van der Waals surface area contributed by atoms with E-state index in [9.17, 15) is 9.59 Å². The summed E-state index contributed by atoms with van der Waals surface area (Å²) in [6, 6.07) is 18.4. The highest BCUT2D eigenvalue weighted by Crippen LogP contribution is 2.38. The van der Waals surface area contributed by atoms with Crippen LogP contribution in [0.1, 0.15) is 52.6 Å². The number of aromatic amines is 1. The molecule has 0 fully saturated rings. The summed E-state index contributed by atoms with van der Waals surface area (Å²) in [6.07, 6.45) is 4.26. The zero-order valence-electron chi connectivity index (χ0n) is 18.9. The number of aromatic nitrogens is 3. The van der Waals surface area contributed by atoms with Crippen LogP contribution in [-0.2, 0) is 11.2 Å². The summed E-state index contributed by atoms with van der Waals surface area (Å²) in [5.41, 5.74) is 4.17. The van der Waals surface area contributed by atoms with E-state index in [4.69, 9.17) is 14.1 Å². The van der Waals surface area contributed by atoms with Gasteiger partial charge in [-0.05, 0) is 67.3 Å². The van der Waals surface area contributed by atoms with Crippen molar-refractivity contribution in [3.05, 3.63) is 106 Å². The quantitative estimate of drug-likeness (QED) is 0.355. The van der Waals surface area contributed by atoms with Gasteiger partial charge in [0.2, 0.25) is 0 Å². The number of rotatable bonds is 4. The highest BCUT2D eigenvalue weighted by atomic mass is 16.5. The average molecular weight is 463 g/mol. The molecule has 0 spiro atoms. The van der Waals surface area contributed by atoms with Crippen LogP contribution in [-0.4, -0.2) is 20.9 Å². The molecule has 0 aliphatic heterocycles. The lowest BCUT2D eigenvalue weighted by Crippen LogP contribution is -2.18. The number of allylic oxidation sites excluding steroid dienone is 1. The van der Waals surface area contributed by atoms with Gasteiger partial charge in [0.15, 0.2) is 11.9 Å². The first-order valence-corrected chi connectivity index (χ1v) is 11.4. The molecule has 0 amide bonds. The number of para-hydroxylation sites is 2. The topological polar surface area (TPSA) is 98.1 Å². The SMILES string of the molecule is CC(OC(=O)c1c2c(nc3ccccc13)/C(=C\c1ccco1)CC2)c1nc2ccccc2c(=O)[nH]1. The predicted octanol–water partition coefficient (Wildman–Crippen LogP) is 5.47. The number of hydrogen-bond donors (Lipinski definition) is 1. The number of fused-ring (bicyclic) bond motifs is 3. The number of nitrogens with zero attached hydrogens (tertiary/aromatic N) is 2. The average Bonchev–Trinajstić information content (AvgIpc) is 3.53. The smallest absolute Gasteiger partial charge is 0.339 e. The Morgan fingerprint density at radius 1 is 1.00 bits per heavy atom. The van der Waals surface area contributed by atoms with Crippen molar-refractivity contribution in [2.24, 2.45) is 0 Å². The molecule has 1 N–H and O–H groups in total. The molecule has 0 radical (unpaired) electrons. The van der Waals surface area contributed by atoms with Crippen molar-refractivity contribution in [2.75, 3.05) is 0 Å². The van der Waals surface area contributed by atoms with Gasteiger partial charge in [-0.1, -0.05) is 30.3 Å². The second-order valence-corrected chi connectivity index (χ2v) is 8.53. The molecule has 5 aromatic rings. The normalized spacial score (nSPS) is 14.9. The first-order valence-electron chi connectivity index (χ1n) is 11.4. The van der Waals surface area contributed by atoms with Crippen LogP contribution in [0.2, 0.25) is 0 Å². The molecule has 1 atom stereocenters. The lowest BCUT2D eigenvalue weighted by atomic mass is 10.0. The number of furan rings is 1. The Balaban J connectivity index is 1.41. The van der Waals surface area contributed by atoms with Crippen LogP contribution in [0.4, 0.5) is 0 Å². The second kappa shape index (κ2) is 8.36. The van der Waals surface area contributed by atoms with Gasteiger partial charge in [0.25, 0.3) is 5.56 Å². The van der Waals surface area contributed by atoms with Crippen LogP contribution in [0.25, 0.3) is 33.5 Å². The van der Waals surface area contributed by atoms with E-state index < -0.39 is 12.1 Å². The molecule has 1 aliphatic rings. The number of hydrogen-bond acceptors (Lipinski definition) is 6. The lowest BCUT2D eigenvalue weighted by Gasteiger charge is -2.16. The van der Waals surface area contributed by atoms with Gasteiger partial charge in [0, 0.05) is 5.39 Å². The second-order valence-electron chi connectivity index (χ2n) is 8.53. The van der Waals surface area contributed by atoms with Gasteiger partial charge < -0.3 is 14.1 Å². The molecule has 3 heterocycles. The fourth-order valence-electron chi connectivity index (χ4n) is 4.63. The fraction of sp³-hybridized carbons (Fsp3) is 0.143. The van der Waals surface area contributed by atoms with Gasteiger partial charge in [-0.15, -0.1) is 0 Å². The van der Waals surface area contributed by atoms with Gasteiger partial charge >= 0.3 is 5.97 Å². The van der Waals surface area contributed by atoms with Crippen molar-refractivity contribution in [3.63, 3.8) is 0 Å². The van der Waals surface area contributed by atoms with Crippen LogP contribution in [0.15, 0.2) is 76.1 Å². The Hall–Kier alpha value is -4.52. The van der Waals surface area contributed by atoms with Crippen molar-refractivity contribution in [1.82, 2.24) is 15.0 Å². The molecule has 1 unspecified atom stereocenters. The summed E-state index contributed by atoms with van der Waals surface area (Å²) >= 11 is 0. The van der Waals surface area contributed by atoms with Gasteiger partial charge in [0.05, 0.1) is 33.9 Å². The molecule has 35 heavy (non-hydrogen) atoms. The van der Waals surface area contributed by atoms with E-state index in [-0.39, 0.29) is 5.56 Å². The van der Waals surface area contributed by atoms with E-state index in [1.165, 1.54) is 0 Å². The number of nitrogens with one attached hydrogen (secondary N) is 1. The van der Waals surface area contributed by atoms with Gasteiger partial charge in [-0.2, -0.15) is 0 Å². The third kappa shape index (κ3) is 3.71. The molecule has 1 aliphatic carbocycles. The summed E-state index contributed by atoms with van der Waals surface area (Å²) < 4.78 is 11.3. The van der Waals surface area contributed by atoms with Crippen molar-refractivity contribution in [1.29, 1.82) is 0 Å². The zero-order valence-corrected chi connectivity index (χ0v) is 18.9. The van der Waals surface area contributed by atoms with Crippen molar-refractivity contribution in [2.45, 2.75) is 25.9 Å². The summed E-state index contributed by atoms with van der Waals surface area (Å²) in [6.45, 7) is 1.71. The van der Waals surface area contributed by atoms with Crippen molar-refractivity contribution < 1.29 is 13.9 Å². The molecule has 0 saturated carbocycles. The van der Waals surface area contributed by atoms with E-state index in [1.807, 2.05) is 48.5 Å². The monoisotopic (exact) mass is 463 g/mol. The maximum absolute atomic E-state index is 13.6. The number of carbonyl (C=O) groups excluding carboxylic acids is 1. The number of benzene rings is 2. The first-order chi connectivity index (χ1) is 17.1. The van der Waals surface area contributed by atoms with E-state index in [1.54, 1.807) is 31.4 Å². The molecule has 6 rings (SSSR count). The molecule has 7 heteroatoms. The fourth-order valence-corrected chi connectivity index (χ4v) is 4.63. The molecule has 172 valence electrons. The predicted molar refractivity (Wildman–Crippen MR) is 133 cm³/mol. The molecule has 7 nitrogen and oxygen atoms in total. The van der Waals surface area contributed by atoms with Gasteiger partial charge in [0.1, 0.15) is 5.76 Å². The van der Waals surface area contributed by atoms with Gasteiger partial charge in [-0.25, -0.2) is 14.8 Å². The Morgan fingerprint density at radius 2 is 1.74 bits per heavy atom. The molecule has 0 saturated heterocycles. The van der Waals surface area contributed by atoms with E-state index >= 15 is 0 Å². The summed E-state index contributed by atoms with van der Waals surface area (Å²) in [7, 11) is 0. The zero-order chi connectivity index (χ0) is 23.9. The Morgan fingerprint density at radius 3 is 2.51 bits per heavy atom. The minimum Gasteiger partial charge on any atom is -0.465 e. The standard InChI is InChI=1S/C28H21N3O4/c1-16(26-30-23-11-5-3-9-20(23)27(32)31-26)35-28(33)24-19-8-2-4-10-22(19)29-25-17(12-13-21(24)25)15-18-7-6-14-34-18/h2-11,14-16H,12-13H2,1H3,(H,30,31,32)/b17-15-. The molecule has 0 bridgehead atoms. The Kier molecular flexibility index (Phi) is 5.03. The highest BCUT2D eigenvalue weighted by Gasteiger charge is 2.29. The number of pyridine rings is 1. The number of ether oxygens (including phenoxy) is 1. The number of esters is 1. The van der Waals surface area contributed by atoms with Gasteiger partial charge in [-0.3, -0.25) is 4.79 Å².